The van der Waals surface area contributed by atoms with Crippen molar-refractivity contribution in [2.75, 3.05) is 0 Å². The molecule has 0 saturated heterocycles. The van der Waals surface area contributed by atoms with Gasteiger partial charge in [-0.05, 0) is 36.4 Å². The number of nitrogens with one attached hydrogen (secondary N) is 1. The minimum Gasteiger partial charge on any atom is -0.508 e. The van der Waals surface area contributed by atoms with Gasteiger partial charge in [-0.25, -0.2) is 24.1 Å². The van der Waals surface area contributed by atoms with E-state index in [-0.39, 0.29) is 39.9 Å². The molecule has 1 unspecified atom stereocenters. The zero-order chi connectivity index (χ0) is 22.8. The number of benzene rings is 3. The Hall–Kier alpha value is -4.31. The largest absolute Gasteiger partial charge is 0.508 e. The quantitative estimate of drug-likeness (QED) is 0.366. The number of hydrogen-bond donors (Lipinski definition) is 4. The van der Waals surface area contributed by atoms with E-state index in [1.165, 1.54) is 36.4 Å². The van der Waals surface area contributed by atoms with Crippen molar-refractivity contribution < 1.29 is 28.6 Å². The summed E-state index contributed by atoms with van der Waals surface area (Å²) in [6.07, 6.45) is -0.790. The SMILES string of the molecule is NC(=NC(=O)c1ccc(C2N=C(c3ccc(O)cc3F)NO2)cc1)c1ccc(O)cc1F. The number of aliphatic imine (C=N–C) groups is 2. The second kappa shape index (κ2) is 8.44. The number of carbonyl (C=O) groups is 1. The van der Waals surface area contributed by atoms with Gasteiger partial charge in [-0.2, -0.15) is 4.99 Å². The van der Waals surface area contributed by atoms with Crippen molar-refractivity contribution in [2.24, 2.45) is 15.7 Å². The Labute approximate surface area is 180 Å². The number of phenolic OH excluding ortho intramolecular Hbond substituents is 2. The van der Waals surface area contributed by atoms with E-state index < -0.39 is 23.8 Å². The average Bonchev–Trinajstić information content (AvgIpc) is 3.23. The van der Waals surface area contributed by atoms with E-state index in [2.05, 4.69) is 15.5 Å². The van der Waals surface area contributed by atoms with Crippen LogP contribution in [-0.4, -0.2) is 27.8 Å². The molecule has 10 heteroatoms. The topological polar surface area (TPSA) is 130 Å². The number of rotatable bonds is 4. The van der Waals surface area contributed by atoms with Crippen LogP contribution in [0.4, 0.5) is 8.78 Å². The Morgan fingerprint density at radius 1 is 1.00 bits per heavy atom. The summed E-state index contributed by atoms with van der Waals surface area (Å²) >= 11 is 0. The molecule has 5 N–H and O–H groups in total. The van der Waals surface area contributed by atoms with Crippen molar-refractivity contribution in [3.63, 3.8) is 0 Å². The van der Waals surface area contributed by atoms with Gasteiger partial charge in [-0.15, -0.1) is 0 Å². The van der Waals surface area contributed by atoms with Crippen LogP contribution in [0.2, 0.25) is 0 Å². The fourth-order valence-corrected chi connectivity index (χ4v) is 2.98. The summed E-state index contributed by atoms with van der Waals surface area (Å²) in [7, 11) is 0. The van der Waals surface area contributed by atoms with E-state index in [9.17, 15) is 23.8 Å². The summed E-state index contributed by atoms with van der Waals surface area (Å²) in [6.45, 7) is 0. The molecule has 0 aromatic heterocycles. The molecule has 0 aliphatic carbocycles. The number of halogens is 2. The molecule has 1 amide bonds. The first-order valence-electron chi connectivity index (χ1n) is 9.27. The fraction of sp³-hybridized carbons (Fsp3) is 0.0455. The average molecular weight is 438 g/mol. The number of amidine groups is 2. The van der Waals surface area contributed by atoms with Gasteiger partial charge in [-0.1, -0.05) is 12.1 Å². The van der Waals surface area contributed by atoms with Gasteiger partial charge < -0.3 is 15.9 Å². The highest BCUT2D eigenvalue weighted by atomic mass is 19.1. The third-order valence-electron chi connectivity index (χ3n) is 4.61. The van der Waals surface area contributed by atoms with E-state index in [4.69, 9.17) is 10.6 Å². The normalized spacial score (nSPS) is 15.9. The molecule has 1 aliphatic heterocycles. The van der Waals surface area contributed by atoms with E-state index in [0.29, 0.717) is 5.56 Å². The summed E-state index contributed by atoms with van der Waals surface area (Å²) in [4.78, 5) is 25.7. The zero-order valence-electron chi connectivity index (χ0n) is 16.3. The van der Waals surface area contributed by atoms with Gasteiger partial charge in [0.2, 0.25) is 6.23 Å². The number of carbonyl (C=O) groups excluding carboxylic acids is 1. The van der Waals surface area contributed by atoms with Crippen LogP contribution >= 0.6 is 0 Å². The van der Waals surface area contributed by atoms with Gasteiger partial charge in [0, 0.05) is 23.3 Å². The molecule has 0 radical (unpaired) electrons. The minimum absolute atomic E-state index is 0.110. The molecule has 1 atom stereocenters. The minimum atomic E-state index is -0.806. The third kappa shape index (κ3) is 4.25. The number of amides is 1. The summed E-state index contributed by atoms with van der Waals surface area (Å²) in [5, 5.41) is 18.6. The number of nitrogens with two attached hydrogens (primary N) is 1. The predicted octanol–water partition coefficient (Wildman–Crippen LogP) is 2.90. The van der Waals surface area contributed by atoms with Crippen LogP contribution in [-0.2, 0) is 4.84 Å². The highest BCUT2D eigenvalue weighted by Gasteiger charge is 2.23. The third-order valence-corrected chi connectivity index (χ3v) is 4.61. The number of aromatic hydroxyl groups is 2. The lowest BCUT2D eigenvalue weighted by Gasteiger charge is -2.07. The highest BCUT2D eigenvalue weighted by molar-refractivity contribution is 6.08. The van der Waals surface area contributed by atoms with Crippen LogP contribution in [0.15, 0.2) is 70.6 Å². The van der Waals surface area contributed by atoms with E-state index in [1.807, 2.05) is 0 Å². The number of hydrogen-bond acceptors (Lipinski definition) is 6. The molecule has 1 heterocycles. The van der Waals surface area contributed by atoms with Crippen molar-refractivity contribution in [1.82, 2.24) is 5.48 Å². The van der Waals surface area contributed by atoms with Crippen LogP contribution in [0.3, 0.4) is 0 Å². The Morgan fingerprint density at radius 3 is 2.31 bits per heavy atom. The van der Waals surface area contributed by atoms with Gasteiger partial charge >= 0.3 is 0 Å². The molecule has 3 aromatic carbocycles. The molecular formula is C22H16F2N4O4. The first kappa shape index (κ1) is 20.9. The molecule has 32 heavy (non-hydrogen) atoms. The molecule has 0 fully saturated rings. The standard InChI is InChI=1S/C22H16F2N4O4/c23-17-9-13(29)5-7-15(17)19(25)26-21(31)11-1-3-12(4-2-11)22-27-20(28-32-22)16-8-6-14(30)10-18(16)24/h1-10,22,29-30H,(H,27,28)(H2,25,26,31). The van der Waals surface area contributed by atoms with Gasteiger partial charge in [0.1, 0.15) is 29.0 Å². The summed E-state index contributed by atoms with van der Waals surface area (Å²) < 4.78 is 27.9. The first-order valence-corrected chi connectivity index (χ1v) is 9.27. The second-order valence-corrected chi connectivity index (χ2v) is 6.80. The lowest BCUT2D eigenvalue weighted by atomic mass is 10.1. The molecule has 8 nitrogen and oxygen atoms in total. The van der Waals surface area contributed by atoms with E-state index in [0.717, 1.165) is 12.1 Å². The van der Waals surface area contributed by atoms with Crippen molar-refractivity contribution in [3.05, 3.63) is 94.6 Å². The van der Waals surface area contributed by atoms with Gasteiger partial charge in [0.15, 0.2) is 5.84 Å². The van der Waals surface area contributed by atoms with Gasteiger partial charge in [0.25, 0.3) is 5.91 Å². The van der Waals surface area contributed by atoms with E-state index in [1.54, 1.807) is 12.1 Å². The molecule has 162 valence electrons. The Morgan fingerprint density at radius 2 is 1.66 bits per heavy atom. The maximum atomic E-state index is 14.0. The molecule has 4 rings (SSSR count). The Balaban J connectivity index is 1.50. The smallest absolute Gasteiger partial charge is 0.278 e. The molecule has 1 aliphatic rings. The number of hydroxylamine groups is 1. The maximum Gasteiger partial charge on any atom is 0.278 e. The molecule has 0 spiro atoms. The molecular weight excluding hydrogens is 422 g/mol. The van der Waals surface area contributed by atoms with Crippen LogP contribution < -0.4 is 11.2 Å². The Bertz CT molecular complexity index is 1260. The Kier molecular flexibility index (Phi) is 5.52. The predicted molar refractivity (Wildman–Crippen MR) is 111 cm³/mol. The molecule has 0 saturated carbocycles. The lowest BCUT2D eigenvalue weighted by Crippen LogP contribution is -2.19. The monoisotopic (exact) mass is 438 g/mol. The number of phenols is 2. The second-order valence-electron chi connectivity index (χ2n) is 6.80. The van der Waals surface area contributed by atoms with Crippen molar-refractivity contribution in [1.29, 1.82) is 0 Å². The van der Waals surface area contributed by atoms with Crippen LogP contribution in [0.5, 0.6) is 11.5 Å². The van der Waals surface area contributed by atoms with Crippen molar-refractivity contribution in [3.8, 4) is 11.5 Å². The fourth-order valence-electron chi connectivity index (χ4n) is 2.98. The number of nitrogens with zero attached hydrogens (tertiary/aromatic N) is 2. The molecule has 3 aromatic rings. The lowest BCUT2D eigenvalue weighted by molar-refractivity contribution is 0.0376. The van der Waals surface area contributed by atoms with Gasteiger partial charge in [-0.3, -0.25) is 4.79 Å². The summed E-state index contributed by atoms with van der Waals surface area (Å²) in [6, 6.07) is 13.1. The van der Waals surface area contributed by atoms with Crippen LogP contribution in [0.25, 0.3) is 0 Å². The van der Waals surface area contributed by atoms with Crippen molar-refractivity contribution >= 4 is 17.6 Å². The zero-order valence-corrected chi connectivity index (χ0v) is 16.3. The highest BCUT2D eigenvalue weighted by Crippen LogP contribution is 2.25. The van der Waals surface area contributed by atoms with Gasteiger partial charge in [0.05, 0.1) is 11.1 Å². The summed E-state index contributed by atoms with van der Waals surface area (Å²) in [5.74, 6) is -2.82. The van der Waals surface area contributed by atoms with E-state index >= 15 is 0 Å². The van der Waals surface area contributed by atoms with Crippen LogP contribution in [0, 0.1) is 11.6 Å². The maximum absolute atomic E-state index is 14.0. The summed E-state index contributed by atoms with van der Waals surface area (Å²) in [5.41, 5.74) is 9.05. The molecule has 0 bridgehead atoms. The van der Waals surface area contributed by atoms with Crippen LogP contribution in [0.1, 0.15) is 33.3 Å². The first-order chi connectivity index (χ1) is 15.3. The van der Waals surface area contributed by atoms with Crippen molar-refractivity contribution in [2.45, 2.75) is 6.23 Å².